The fourth-order valence-corrected chi connectivity index (χ4v) is 2.76. The van der Waals surface area contributed by atoms with Gasteiger partial charge in [0.2, 0.25) is 0 Å². The van der Waals surface area contributed by atoms with Crippen LogP contribution in [0.5, 0.6) is 17.2 Å². The van der Waals surface area contributed by atoms with Crippen molar-refractivity contribution < 1.29 is 14.2 Å². The van der Waals surface area contributed by atoms with Crippen LogP contribution < -0.4 is 19.5 Å². The number of nitrogens with one attached hydrogen (secondary N) is 1. The topological polar surface area (TPSA) is 52.6 Å². The van der Waals surface area contributed by atoms with Gasteiger partial charge in [-0.1, -0.05) is 0 Å². The van der Waals surface area contributed by atoms with E-state index in [9.17, 15) is 0 Å². The molecule has 6 heteroatoms. The molecule has 0 amide bonds. The van der Waals surface area contributed by atoms with E-state index in [1.807, 2.05) is 24.4 Å². The first-order valence-electron chi connectivity index (χ1n) is 6.58. The van der Waals surface area contributed by atoms with Gasteiger partial charge in [0.1, 0.15) is 10.8 Å². The van der Waals surface area contributed by atoms with Gasteiger partial charge in [0.25, 0.3) is 0 Å². The molecule has 0 radical (unpaired) electrons. The smallest absolute Gasteiger partial charge is 0.164 e. The van der Waals surface area contributed by atoms with Gasteiger partial charge in [0, 0.05) is 35.8 Å². The third-order valence-corrected chi connectivity index (χ3v) is 4.01. The van der Waals surface area contributed by atoms with E-state index in [1.165, 1.54) is 0 Å². The molecule has 2 aromatic rings. The first kappa shape index (κ1) is 15.6. The van der Waals surface area contributed by atoms with Crippen molar-refractivity contribution in [2.45, 2.75) is 20.0 Å². The molecule has 2 rings (SSSR count). The summed E-state index contributed by atoms with van der Waals surface area (Å²) in [5, 5.41) is 6.49. The Bertz CT molecular complexity index is 599. The second-order valence-corrected chi connectivity index (χ2v) is 5.45. The molecule has 0 saturated carbocycles. The molecule has 0 unspecified atom stereocenters. The summed E-state index contributed by atoms with van der Waals surface area (Å²) in [6, 6.07) is 3.77. The van der Waals surface area contributed by atoms with E-state index in [2.05, 4.69) is 10.3 Å². The maximum absolute atomic E-state index is 5.41. The van der Waals surface area contributed by atoms with Gasteiger partial charge in [0.05, 0.1) is 21.3 Å². The average Bonchev–Trinajstić information content (AvgIpc) is 2.92. The Balaban J connectivity index is 2.07. The number of benzene rings is 1. The molecule has 0 saturated heterocycles. The molecular weight excluding hydrogens is 288 g/mol. The van der Waals surface area contributed by atoms with E-state index in [0.717, 1.165) is 28.6 Å². The van der Waals surface area contributed by atoms with Crippen LogP contribution >= 0.6 is 11.3 Å². The number of thiazole rings is 1. The molecular formula is C15H20N2O3S. The summed E-state index contributed by atoms with van der Waals surface area (Å²) < 4.78 is 16.0. The first-order valence-corrected chi connectivity index (χ1v) is 7.46. The van der Waals surface area contributed by atoms with Gasteiger partial charge in [-0.25, -0.2) is 4.98 Å². The minimum atomic E-state index is 0.661. The van der Waals surface area contributed by atoms with Crippen LogP contribution in [0.3, 0.4) is 0 Å². The highest BCUT2D eigenvalue weighted by Crippen LogP contribution is 2.34. The predicted molar refractivity (Wildman–Crippen MR) is 83.5 cm³/mol. The Morgan fingerprint density at radius 2 is 1.67 bits per heavy atom. The third-order valence-electron chi connectivity index (χ3n) is 3.04. The lowest BCUT2D eigenvalue weighted by Gasteiger charge is -2.14. The van der Waals surface area contributed by atoms with Crippen LogP contribution in [0, 0.1) is 6.92 Å². The van der Waals surface area contributed by atoms with E-state index < -0.39 is 0 Å². The number of nitrogens with zero attached hydrogens (tertiary/aromatic N) is 1. The number of methoxy groups -OCH3 is 3. The van der Waals surface area contributed by atoms with Crippen LogP contribution in [0.1, 0.15) is 16.3 Å². The summed E-state index contributed by atoms with van der Waals surface area (Å²) >= 11 is 1.66. The standard InChI is InChI=1S/C15H20N2O3S/c1-10-9-21-15(17-10)8-16-7-11-5-13(19-3)14(20-4)6-12(11)18-2/h5-6,9,16H,7-8H2,1-4H3. The zero-order valence-electron chi connectivity index (χ0n) is 12.7. The van der Waals surface area contributed by atoms with Crippen molar-refractivity contribution in [3.8, 4) is 17.2 Å². The summed E-state index contributed by atoms with van der Waals surface area (Å²) in [5.74, 6) is 2.13. The van der Waals surface area contributed by atoms with Crippen LogP contribution in [0.4, 0.5) is 0 Å². The van der Waals surface area contributed by atoms with Gasteiger partial charge in [-0.3, -0.25) is 0 Å². The van der Waals surface area contributed by atoms with Crippen molar-refractivity contribution in [2.75, 3.05) is 21.3 Å². The van der Waals surface area contributed by atoms with Crippen molar-refractivity contribution in [1.29, 1.82) is 0 Å². The number of ether oxygens (including phenoxy) is 3. The van der Waals surface area contributed by atoms with E-state index in [1.54, 1.807) is 32.7 Å². The first-order chi connectivity index (χ1) is 10.2. The second-order valence-electron chi connectivity index (χ2n) is 4.51. The lowest BCUT2D eigenvalue weighted by atomic mass is 10.1. The van der Waals surface area contributed by atoms with Crippen LogP contribution in [-0.2, 0) is 13.1 Å². The summed E-state index contributed by atoms with van der Waals surface area (Å²) in [5.41, 5.74) is 2.07. The zero-order chi connectivity index (χ0) is 15.2. The van der Waals surface area contributed by atoms with Crippen molar-refractivity contribution in [3.63, 3.8) is 0 Å². The molecule has 0 spiro atoms. The molecule has 5 nitrogen and oxygen atoms in total. The van der Waals surface area contributed by atoms with E-state index in [0.29, 0.717) is 18.0 Å². The minimum Gasteiger partial charge on any atom is -0.496 e. The average molecular weight is 308 g/mol. The lowest BCUT2D eigenvalue weighted by Crippen LogP contribution is -2.13. The molecule has 0 atom stereocenters. The highest BCUT2D eigenvalue weighted by Gasteiger charge is 2.11. The Morgan fingerprint density at radius 1 is 1.00 bits per heavy atom. The molecule has 0 aliphatic carbocycles. The second kappa shape index (κ2) is 7.28. The summed E-state index contributed by atoms with van der Waals surface area (Å²) in [6.45, 7) is 3.40. The van der Waals surface area contributed by atoms with Gasteiger partial charge in [-0.2, -0.15) is 0 Å². The van der Waals surface area contributed by atoms with E-state index in [4.69, 9.17) is 14.2 Å². The zero-order valence-corrected chi connectivity index (χ0v) is 13.5. The fourth-order valence-electron chi connectivity index (χ4n) is 2.02. The van der Waals surface area contributed by atoms with Crippen LogP contribution in [0.25, 0.3) is 0 Å². The number of hydrogen-bond donors (Lipinski definition) is 1. The van der Waals surface area contributed by atoms with Crippen molar-refractivity contribution >= 4 is 11.3 Å². The Kier molecular flexibility index (Phi) is 5.41. The quantitative estimate of drug-likeness (QED) is 0.852. The normalized spacial score (nSPS) is 10.5. The Hall–Kier alpha value is -1.79. The maximum atomic E-state index is 5.41. The van der Waals surface area contributed by atoms with Gasteiger partial charge < -0.3 is 19.5 Å². The maximum Gasteiger partial charge on any atom is 0.164 e. The Morgan fingerprint density at radius 3 is 2.24 bits per heavy atom. The summed E-state index contributed by atoms with van der Waals surface area (Å²) in [7, 11) is 4.88. The number of rotatable bonds is 7. The van der Waals surface area contributed by atoms with Crippen LogP contribution in [0.15, 0.2) is 17.5 Å². The molecule has 1 aromatic carbocycles. The fraction of sp³-hybridized carbons (Fsp3) is 0.400. The molecule has 1 aromatic heterocycles. The monoisotopic (exact) mass is 308 g/mol. The van der Waals surface area contributed by atoms with Crippen molar-refractivity contribution in [3.05, 3.63) is 33.8 Å². The molecule has 1 N–H and O–H groups in total. The SMILES string of the molecule is COc1cc(OC)c(OC)cc1CNCc1nc(C)cs1. The molecule has 1 heterocycles. The van der Waals surface area contributed by atoms with Crippen molar-refractivity contribution in [1.82, 2.24) is 10.3 Å². The molecule has 114 valence electrons. The number of hydrogen-bond acceptors (Lipinski definition) is 6. The van der Waals surface area contributed by atoms with Gasteiger partial charge in [-0.15, -0.1) is 11.3 Å². The van der Waals surface area contributed by atoms with Gasteiger partial charge in [0.15, 0.2) is 11.5 Å². The summed E-state index contributed by atoms with van der Waals surface area (Å²) in [4.78, 5) is 4.43. The lowest BCUT2D eigenvalue weighted by molar-refractivity contribution is 0.347. The minimum absolute atomic E-state index is 0.661. The van der Waals surface area contributed by atoms with E-state index >= 15 is 0 Å². The molecule has 0 aliphatic heterocycles. The molecule has 0 fully saturated rings. The molecule has 0 bridgehead atoms. The predicted octanol–water partition coefficient (Wildman–Crippen LogP) is 2.77. The third kappa shape index (κ3) is 3.86. The van der Waals surface area contributed by atoms with Crippen LogP contribution in [0.2, 0.25) is 0 Å². The number of aromatic nitrogens is 1. The highest BCUT2D eigenvalue weighted by molar-refractivity contribution is 7.09. The molecule has 0 aliphatic rings. The van der Waals surface area contributed by atoms with E-state index in [-0.39, 0.29) is 0 Å². The highest BCUT2D eigenvalue weighted by atomic mass is 32.1. The van der Waals surface area contributed by atoms with Gasteiger partial charge in [-0.05, 0) is 13.0 Å². The molecule has 21 heavy (non-hydrogen) atoms. The summed E-state index contributed by atoms with van der Waals surface area (Å²) in [6.07, 6.45) is 0. The Labute approximate surface area is 128 Å². The van der Waals surface area contributed by atoms with Crippen LogP contribution in [-0.4, -0.2) is 26.3 Å². The van der Waals surface area contributed by atoms with Gasteiger partial charge >= 0.3 is 0 Å². The van der Waals surface area contributed by atoms with Crippen molar-refractivity contribution in [2.24, 2.45) is 0 Å². The largest absolute Gasteiger partial charge is 0.496 e. The number of aryl methyl sites for hydroxylation is 1.